The van der Waals surface area contributed by atoms with Crippen LogP contribution in [0.3, 0.4) is 0 Å². The molecule has 2 heterocycles. The van der Waals surface area contributed by atoms with E-state index in [1.165, 1.54) is 4.57 Å². The van der Waals surface area contributed by atoms with Crippen LogP contribution in [0.4, 0.5) is 13.2 Å². The molecule has 0 aliphatic rings. The first kappa shape index (κ1) is 20.6. The minimum absolute atomic E-state index is 0.122. The van der Waals surface area contributed by atoms with E-state index in [4.69, 9.17) is 4.74 Å². The average molecular weight is 407 g/mol. The summed E-state index contributed by atoms with van der Waals surface area (Å²) in [5.41, 5.74) is 2.17. The third-order valence-corrected chi connectivity index (χ3v) is 4.42. The number of benzene rings is 1. The fourth-order valence-corrected chi connectivity index (χ4v) is 3.05. The quantitative estimate of drug-likeness (QED) is 0.607. The minimum Gasteiger partial charge on any atom is -0.456 e. The van der Waals surface area contributed by atoms with Crippen molar-refractivity contribution in [2.24, 2.45) is 7.05 Å². The molecule has 0 unspecified atom stereocenters. The van der Waals surface area contributed by atoms with Crippen LogP contribution >= 0.6 is 0 Å². The van der Waals surface area contributed by atoms with Crippen LogP contribution < -0.4 is 10.3 Å². The molecule has 9 heteroatoms. The predicted octanol–water partition coefficient (Wildman–Crippen LogP) is 4.82. The Bertz CT molecular complexity index is 1080. The molecule has 6 nitrogen and oxygen atoms in total. The van der Waals surface area contributed by atoms with Crippen molar-refractivity contribution in [3.05, 3.63) is 57.3 Å². The third kappa shape index (κ3) is 4.18. The fraction of sp³-hybridized carbons (Fsp3) is 0.350. The van der Waals surface area contributed by atoms with Crippen LogP contribution in [0.15, 0.2) is 33.7 Å². The van der Waals surface area contributed by atoms with E-state index in [1.54, 1.807) is 45.3 Å². The van der Waals surface area contributed by atoms with Gasteiger partial charge >= 0.3 is 12.1 Å². The SMILES string of the molecule is CCCc1c(Oc2c(C)cc(-c3noc(C(F)(F)F)n3)cc2C)ccn(C)c1=O. The Morgan fingerprint density at radius 3 is 2.41 bits per heavy atom. The Hall–Kier alpha value is -3.10. The van der Waals surface area contributed by atoms with Crippen LogP contribution in [-0.4, -0.2) is 14.7 Å². The highest BCUT2D eigenvalue weighted by Gasteiger charge is 2.38. The van der Waals surface area contributed by atoms with Gasteiger partial charge in [0, 0.05) is 18.8 Å². The summed E-state index contributed by atoms with van der Waals surface area (Å²) in [7, 11) is 1.68. The zero-order valence-corrected chi connectivity index (χ0v) is 16.4. The highest BCUT2D eigenvalue weighted by atomic mass is 19.4. The van der Waals surface area contributed by atoms with Crippen LogP contribution in [0, 0.1) is 13.8 Å². The zero-order valence-electron chi connectivity index (χ0n) is 16.4. The van der Waals surface area contributed by atoms with Crippen molar-refractivity contribution in [3.8, 4) is 22.9 Å². The van der Waals surface area contributed by atoms with Crippen molar-refractivity contribution >= 4 is 0 Å². The van der Waals surface area contributed by atoms with Crippen LogP contribution in [0.25, 0.3) is 11.4 Å². The zero-order chi connectivity index (χ0) is 21.3. The number of aromatic nitrogens is 3. The first-order chi connectivity index (χ1) is 13.6. The molecule has 0 saturated carbocycles. The molecule has 2 aromatic heterocycles. The van der Waals surface area contributed by atoms with Crippen molar-refractivity contribution in [3.63, 3.8) is 0 Å². The normalized spacial score (nSPS) is 11.7. The Balaban J connectivity index is 1.98. The van der Waals surface area contributed by atoms with Crippen molar-refractivity contribution in [1.82, 2.24) is 14.7 Å². The third-order valence-electron chi connectivity index (χ3n) is 4.42. The van der Waals surface area contributed by atoms with Gasteiger partial charge in [-0.1, -0.05) is 18.5 Å². The fourth-order valence-electron chi connectivity index (χ4n) is 3.05. The molecule has 29 heavy (non-hydrogen) atoms. The summed E-state index contributed by atoms with van der Waals surface area (Å²) in [6.45, 7) is 5.50. The lowest BCUT2D eigenvalue weighted by Gasteiger charge is -2.16. The van der Waals surface area contributed by atoms with Crippen LogP contribution in [0.5, 0.6) is 11.5 Å². The second kappa shape index (κ2) is 7.73. The molecule has 0 atom stereocenters. The van der Waals surface area contributed by atoms with E-state index in [0.717, 1.165) is 6.42 Å². The number of hydrogen-bond acceptors (Lipinski definition) is 5. The predicted molar refractivity (Wildman–Crippen MR) is 100.0 cm³/mol. The number of pyridine rings is 1. The Kier molecular flexibility index (Phi) is 5.50. The van der Waals surface area contributed by atoms with E-state index < -0.39 is 12.1 Å². The molecule has 0 amide bonds. The van der Waals surface area contributed by atoms with Crippen LogP contribution in [0.2, 0.25) is 0 Å². The van der Waals surface area contributed by atoms with E-state index in [-0.39, 0.29) is 11.4 Å². The second-order valence-corrected chi connectivity index (χ2v) is 6.79. The highest BCUT2D eigenvalue weighted by molar-refractivity contribution is 5.61. The maximum absolute atomic E-state index is 12.7. The molecular formula is C20H20F3N3O3. The smallest absolute Gasteiger partial charge is 0.456 e. The van der Waals surface area contributed by atoms with E-state index in [1.807, 2.05) is 6.92 Å². The van der Waals surface area contributed by atoms with Crippen molar-refractivity contribution in [2.45, 2.75) is 39.8 Å². The van der Waals surface area contributed by atoms with Crippen molar-refractivity contribution in [1.29, 1.82) is 0 Å². The number of halogens is 3. The molecule has 3 rings (SSSR count). The standard InChI is InChI=1S/C20H20F3N3O3/c1-5-6-14-15(7-8-26(4)18(14)27)28-16-11(2)9-13(10-12(16)3)17-24-19(29-25-17)20(21,22)23/h7-10H,5-6H2,1-4H3. The molecular weight excluding hydrogens is 387 g/mol. The number of nitrogens with zero attached hydrogens (tertiary/aromatic N) is 3. The van der Waals surface area contributed by atoms with Gasteiger partial charge in [0.25, 0.3) is 5.56 Å². The number of aryl methyl sites for hydroxylation is 3. The van der Waals surface area contributed by atoms with Gasteiger partial charge in [0.1, 0.15) is 11.5 Å². The monoisotopic (exact) mass is 407 g/mol. The lowest BCUT2D eigenvalue weighted by molar-refractivity contribution is -0.159. The van der Waals surface area contributed by atoms with Gasteiger partial charge in [-0.15, -0.1) is 0 Å². The topological polar surface area (TPSA) is 70.2 Å². The number of alkyl halides is 3. The maximum Gasteiger partial charge on any atom is 0.471 e. The number of rotatable bonds is 5. The molecule has 1 aromatic carbocycles. The van der Waals surface area contributed by atoms with Gasteiger partial charge in [0.2, 0.25) is 5.82 Å². The lowest BCUT2D eigenvalue weighted by Crippen LogP contribution is -2.21. The first-order valence-corrected chi connectivity index (χ1v) is 9.00. The van der Waals surface area contributed by atoms with Crippen LogP contribution in [-0.2, 0) is 19.6 Å². The summed E-state index contributed by atoms with van der Waals surface area (Å²) in [6.07, 6.45) is -1.71. The number of ether oxygens (including phenoxy) is 1. The molecule has 0 radical (unpaired) electrons. The van der Waals surface area contributed by atoms with Gasteiger partial charge in [-0.2, -0.15) is 18.2 Å². The van der Waals surface area contributed by atoms with E-state index >= 15 is 0 Å². The summed E-state index contributed by atoms with van der Waals surface area (Å²) < 4.78 is 49.9. The molecule has 0 saturated heterocycles. The van der Waals surface area contributed by atoms with Gasteiger partial charge in [0.15, 0.2) is 0 Å². The van der Waals surface area contributed by atoms with Gasteiger partial charge in [-0.05, 0) is 49.6 Å². The van der Waals surface area contributed by atoms with Gasteiger partial charge in [-0.25, -0.2) is 0 Å². The summed E-state index contributed by atoms with van der Waals surface area (Å²) in [4.78, 5) is 15.8. The van der Waals surface area contributed by atoms with E-state index in [9.17, 15) is 18.0 Å². The van der Waals surface area contributed by atoms with Crippen molar-refractivity contribution in [2.75, 3.05) is 0 Å². The Morgan fingerprint density at radius 2 is 1.86 bits per heavy atom. The van der Waals surface area contributed by atoms with Crippen LogP contribution in [0.1, 0.15) is 35.9 Å². The van der Waals surface area contributed by atoms with E-state index in [0.29, 0.717) is 40.2 Å². The molecule has 0 N–H and O–H groups in total. The Morgan fingerprint density at radius 1 is 1.21 bits per heavy atom. The molecule has 154 valence electrons. The molecule has 0 fully saturated rings. The molecule has 0 aliphatic heterocycles. The number of hydrogen-bond donors (Lipinski definition) is 0. The molecule has 3 aromatic rings. The van der Waals surface area contributed by atoms with Gasteiger partial charge < -0.3 is 13.8 Å². The maximum atomic E-state index is 12.7. The molecule has 0 aliphatic carbocycles. The Labute approximate surface area is 164 Å². The summed E-state index contributed by atoms with van der Waals surface area (Å²) in [6, 6.07) is 4.97. The van der Waals surface area contributed by atoms with Gasteiger partial charge in [-0.3, -0.25) is 4.79 Å². The van der Waals surface area contributed by atoms with Crippen molar-refractivity contribution < 1.29 is 22.4 Å². The minimum atomic E-state index is -4.70. The van der Waals surface area contributed by atoms with E-state index in [2.05, 4.69) is 14.7 Å². The highest BCUT2D eigenvalue weighted by Crippen LogP contribution is 2.35. The summed E-state index contributed by atoms with van der Waals surface area (Å²) in [5, 5.41) is 3.42. The largest absolute Gasteiger partial charge is 0.471 e. The average Bonchev–Trinajstić information content (AvgIpc) is 3.14. The molecule has 0 bridgehead atoms. The summed E-state index contributed by atoms with van der Waals surface area (Å²) >= 11 is 0. The molecule has 0 spiro atoms. The first-order valence-electron chi connectivity index (χ1n) is 9.00. The summed E-state index contributed by atoms with van der Waals surface area (Å²) in [5.74, 6) is -0.561. The lowest BCUT2D eigenvalue weighted by atomic mass is 10.0. The van der Waals surface area contributed by atoms with Gasteiger partial charge in [0.05, 0.1) is 5.56 Å². The second-order valence-electron chi connectivity index (χ2n) is 6.79.